The van der Waals surface area contributed by atoms with E-state index in [9.17, 15) is 9.59 Å². The fraction of sp³-hybridized carbons (Fsp3) is 0.889. The van der Waals surface area contributed by atoms with Gasteiger partial charge in [-0.15, -0.1) is 0 Å². The van der Waals surface area contributed by atoms with Crippen molar-refractivity contribution in [2.45, 2.75) is 90.4 Å². The molecule has 0 aromatic rings. The lowest BCUT2D eigenvalue weighted by Gasteiger charge is -2.47. The maximum atomic E-state index is 12.5. The first kappa shape index (κ1) is 21.7. The second-order valence-corrected chi connectivity index (χ2v) is 16.1. The Labute approximate surface area is 153 Å². The number of hydrogen-bond acceptors (Lipinski definition) is 4. The molecule has 0 unspecified atom stereocenters. The van der Waals surface area contributed by atoms with Crippen molar-refractivity contribution in [3.63, 3.8) is 0 Å². The van der Waals surface area contributed by atoms with Crippen LogP contribution in [-0.4, -0.2) is 36.2 Å². The molecule has 1 N–H and O–H groups in total. The Morgan fingerprint density at radius 2 is 1.67 bits per heavy atom. The Morgan fingerprint density at radius 3 is 2.04 bits per heavy atom. The summed E-state index contributed by atoms with van der Waals surface area (Å²) in [5, 5.41) is 3.16. The van der Waals surface area contributed by atoms with E-state index in [1.54, 1.807) is 0 Å². The number of thioether (sulfide) groups is 1. The Hall–Kier alpha value is -0.333. The quantitative estimate of drug-likeness (QED) is 0.579. The van der Waals surface area contributed by atoms with E-state index in [0.717, 1.165) is 0 Å². The van der Waals surface area contributed by atoms with E-state index in [1.165, 1.54) is 11.8 Å². The molecule has 0 aromatic heterocycles. The van der Waals surface area contributed by atoms with Crippen molar-refractivity contribution in [1.29, 1.82) is 0 Å². The molecule has 0 saturated carbocycles. The van der Waals surface area contributed by atoms with E-state index in [2.05, 4.69) is 39.2 Å². The normalized spacial score (nSPS) is 24.8. The van der Waals surface area contributed by atoms with Gasteiger partial charge in [-0.05, 0) is 25.1 Å². The average molecular weight is 374 g/mol. The van der Waals surface area contributed by atoms with Crippen molar-refractivity contribution < 1.29 is 14.0 Å². The largest absolute Gasteiger partial charge is 0.413 e. The number of nitrogens with one attached hydrogen (secondary N) is 1. The van der Waals surface area contributed by atoms with Crippen LogP contribution in [-0.2, 0) is 14.0 Å². The summed E-state index contributed by atoms with van der Waals surface area (Å²) in [6.07, 6.45) is -0.167. The summed E-state index contributed by atoms with van der Waals surface area (Å²) in [7, 11) is -1.94. The predicted octanol–water partition coefficient (Wildman–Crippen LogP) is 4.21. The standard InChI is InChI=1S/C18H35NO3SSi/c1-11(16(21)23-17(3,4)5)14-13(15(20)19-14)12(2)22-24(9,10)18(6,7)8/h11-14H,1-10H3,(H,19,20)/t11-,12+,13+,14+/m0/s1. The minimum absolute atomic E-state index is 0.00613. The highest BCUT2D eigenvalue weighted by Gasteiger charge is 2.50. The monoisotopic (exact) mass is 373 g/mol. The highest BCUT2D eigenvalue weighted by atomic mass is 32.2. The zero-order valence-corrected chi connectivity index (χ0v) is 18.8. The van der Waals surface area contributed by atoms with Gasteiger partial charge in [0.1, 0.15) is 0 Å². The minimum Gasteiger partial charge on any atom is -0.413 e. The first-order valence-corrected chi connectivity index (χ1v) is 12.5. The molecule has 0 aromatic carbocycles. The number of hydrogen-bond donors (Lipinski definition) is 1. The molecule has 4 nitrogen and oxygen atoms in total. The van der Waals surface area contributed by atoms with Gasteiger partial charge in [-0.1, -0.05) is 60.2 Å². The molecule has 1 heterocycles. The minimum atomic E-state index is -1.94. The van der Waals surface area contributed by atoms with Crippen LogP contribution in [0, 0.1) is 11.8 Å². The van der Waals surface area contributed by atoms with E-state index in [0.29, 0.717) is 0 Å². The highest BCUT2D eigenvalue weighted by molar-refractivity contribution is 8.14. The fourth-order valence-electron chi connectivity index (χ4n) is 2.61. The molecule has 1 aliphatic heterocycles. The third-order valence-electron chi connectivity index (χ3n) is 5.11. The second kappa shape index (κ2) is 7.12. The van der Waals surface area contributed by atoms with Crippen LogP contribution in [0.5, 0.6) is 0 Å². The van der Waals surface area contributed by atoms with Crippen LogP contribution >= 0.6 is 11.8 Å². The van der Waals surface area contributed by atoms with Gasteiger partial charge in [-0.3, -0.25) is 9.59 Å². The molecule has 0 bridgehead atoms. The van der Waals surface area contributed by atoms with Crippen molar-refractivity contribution in [2.24, 2.45) is 11.8 Å². The van der Waals surface area contributed by atoms with Gasteiger partial charge < -0.3 is 9.74 Å². The third-order valence-corrected chi connectivity index (χ3v) is 10.9. The number of β-lactam (4-membered cyclic amide) rings is 1. The maximum Gasteiger partial charge on any atom is 0.228 e. The summed E-state index contributed by atoms with van der Waals surface area (Å²) >= 11 is 1.35. The van der Waals surface area contributed by atoms with Crippen molar-refractivity contribution in [1.82, 2.24) is 5.32 Å². The molecule has 4 atom stereocenters. The van der Waals surface area contributed by atoms with Gasteiger partial charge in [0.2, 0.25) is 5.91 Å². The van der Waals surface area contributed by atoms with Crippen LogP contribution in [0.4, 0.5) is 0 Å². The molecule has 1 saturated heterocycles. The molecule has 1 fully saturated rings. The molecular weight excluding hydrogens is 338 g/mol. The summed E-state index contributed by atoms with van der Waals surface area (Å²) in [6.45, 7) is 20.9. The predicted molar refractivity (Wildman–Crippen MR) is 105 cm³/mol. The van der Waals surface area contributed by atoms with Crippen LogP contribution in [0.25, 0.3) is 0 Å². The summed E-state index contributed by atoms with van der Waals surface area (Å²) in [4.78, 5) is 24.6. The Morgan fingerprint density at radius 1 is 1.17 bits per heavy atom. The molecule has 0 spiro atoms. The van der Waals surface area contributed by atoms with Crippen LogP contribution in [0.1, 0.15) is 55.4 Å². The van der Waals surface area contributed by atoms with Crippen LogP contribution in [0.15, 0.2) is 0 Å². The van der Waals surface area contributed by atoms with Crippen LogP contribution < -0.4 is 5.32 Å². The van der Waals surface area contributed by atoms with Crippen molar-refractivity contribution >= 4 is 31.1 Å². The lowest BCUT2D eigenvalue weighted by atomic mass is 9.79. The average Bonchev–Trinajstić information content (AvgIpc) is 2.30. The van der Waals surface area contributed by atoms with Gasteiger partial charge in [0.05, 0.1) is 18.1 Å². The summed E-state index contributed by atoms with van der Waals surface area (Å²) < 4.78 is 6.28. The molecule has 0 aliphatic carbocycles. The van der Waals surface area contributed by atoms with Crippen LogP contribution in [0.3, 0.4) is 0 Å². The smallest absolute Gasteiger partial charge is 0.228 e. The molecule has 1 rings (SSSR count). The van der Waals surface area contributed by atoms with E-state index in [1.807, 2.05) is 34.6 Å². The topological polar surface area (TPSA) is 55.4 Å². The van der Waals surface area contributed by atoms with Gasteiger partial charge in [0.15, 0.2) is 13.4 Å². The van der Waals surface area contributed by atoms with Gasteiger partial charge in [-0.2, -0.15) is 0 Å². The first-order valence-electron chi connectivity index (χ1n) is 8.78. The number of rotatable bonds is 5. The van der Waals surface area contributed by atoms with E-state index >= 15 is 0 Å². The molecular formula is C18H35NO3SSi. The number of amides is 1. The van der Waals surface area contributed by atoms with E-state index in [4.69, 9.17) is 4.43 Å². The first-order chi connectivity index (χ1) is 10.6. The molecule has 1 aliphatic rings. The third kappa shape index (κ3) is 5.08. The number of carbonyl (C=O) groups excluding carboxylic acids is 2. The zero-order valence-electron chi connectivity index (χ0n) is 16.9. The van der Waals surface area contributed by atoms with Crippen LogP contribution in [0.2, 0.25) is 18.1 Å². The fourth-order valence-corrected chi connectivity index (χ4v) is 4.98. The molecule has 1 amide bonds. The summed E-state index contributed by atoms with van der Waals surface area (Å²) in [5.41, 5.74) is 0. The summed E-state index contributed by atoms with van der Waals surface area (Å²) in [5.74, 6) is -0.437. The van der Waals surface area contributed by atoms with E-state index < -0.39 is 8.32 Å². The lowest BCUT2D eigenvalue weighted by Crippen LogP contribution is -2.66. The van der Waals surface area contributed by atoms with Gasteiger partial charge in [-0.25, -0.2) is 0 Å². The van der Waals surface area contributed by atoms with Gasteiger partial charge >= 0.3 is 0 Å². The van der Waals surface area contributed by atoms with Crippen molar-refractivity contribution in [3.05, 3.63) is 0 Å². The van der Waals surface area contributed by atoms with E-state index in [-0.39, 0.29) is 44.8 Å². The summed E-state index contributed by atoms with van der Waals surface area (Å²) in [6, 6.07) is -0.125. The highest BCUT2D eigenvalue weighted by Crippen LogP contribution is 2.40. The van der Waals surface area contributed by atoms with Gasteiger partial charge in [0, 0.05) is 10.7 Å². The lowest BCUT2D eigenvalue weighted by molar-refractivity contribution is -0.143. The molecule has 6 heteroatoms. The molecule has 24 heavy (non-hydrogen) atoms. The number of carbonyl (C=O) groups is 2. The second-order valence-electron chi connectivity index (χ2n) is 9.47. The van der Waals surface area contributed by atoms with Crippen molar-refractivity contribution in [2.75, 3.05) is 0 Å². The molecule has 0 radical (unpaired) electrons. The zero-order chi connectivity index (χ0) is 19.1. The Bertz CT molecular complexity index is 493. The maximum absolute atomic E-state index is 12.5. The Balaban J connectivity index is 2.80. The Kier molecular flexibility index (Phi) is 6.44. The SMILES string of the molecule is C[C@H](C(=O)SC(C)(C)C)[C@H]1NC(=O)[C@@H]1[C@@H](C)O[Si](C)(C)C(C)(C)C. The van der Waals surface area contributed by atoms with Gasteiger partial charge in [0.25, 0.3) is 0 Å². The molecule has 140 valence electrons. The van der Waals surface area contributed by atoms with Crippen molar-refractivity contribution in [3.8, 4) is 0 Å².